The van der Waals surface area contributed by atoms with Gasteiger partial charge in [0.15, 0.2) is 0 Å². The van der Waals surface area contributed by atoms with E-state index in [0.29, 0.717) is 0 Å². The third-order valence-electron chi connectivity index (χ3n) is 0. The molecule has 0 spiro atoms. The molecule has 2 heteroatoms. The standard InChI is InChI=1S/C3H9N.Ca.H2.2H/c1-4(2)3;;;;/h1-3H3;;1H;;/q;+2;;2*-1. The predicted octanol–water partition coefficient (Wildman–Crippen LogP) is 0.268. The van der Waals surface area contributed by atoms with Crippen molar-refractivity contribution in [3.8, 4) is 0 Å². The summed E-state index contributed by atoms with van der Waals surface area (Å²) in [4.78, 5) is 2.00. The van der Waals surface area contributed by atoms with Crippen molar-refractivity contribution in [1.29, 1.82) is 0 Å². The van der Waals surface area contributed by atoms with Gasteiger partial charge in [0.2, 0.25) is 0 Å². The topological polar surface area (TPSA) is 3.24 Å². The van der Waals surface area contributed by atoms with Crippen LogP contribution < -0.4 is 0 Å². The van der Waals surface area contributed by atoms with Crippen LogP contribution in [-0.4, -0.2) is 63.8 Å². The minimum absolute atomic E-state index is 0. The van der Waals surface area contributed by atoms with Crippen LogP contribution in [-0.2, 0) is 0 Å². The van der Waals surface area contributed by atoms with Crippen molar-refractivity contribution in [1.82, 2.24) is 4.90 Å². The Labute approximate surface area is 67.8 Å². The summed E-state index contributed by atoms with van der Waals surface area (Å²) in [6.07, 6.45) is 0. The van der Waals surface area contributed by atoms with Crippen LogP contribution in [0.1, 0.15) is 4.28 Å². The first-order valence-electron chi connectivity index (χ1n) is 1.34. The van der Waals surface area contributed by atoms with E-state index >= 15 is 0 Å². The number of nitrogens with zero attached hydrogens (tertiary/aromatic N) is 1. The summed E-state index contributed by atoms with van der Waals surface area (Å²) in [6.45, 7) is 0. The van der Waals surface area contributed by atoms with E-state index in [0.717, 1.165) is 0 Å². The van der Waals surface area contributed by atoms with Crippen molar-refractivity contribution >= 4 is 37.7 Å². The van der Waals surface area contributed by atoms with Gasteiger partial charge in [0.25, 0.3) is 0 Å². The Morgan fingerprint density at radius 3 is 1.40 bits per heavy atom. The van der Waals surface area contributed by atoms with E-state index in [1.165, 1.54) is 0 Å². The molecule has 0 heterocycles. The van der Waals surface area contributed by atoms with Crippen LogP contribution in [0.2, 0.25) is 0 Å². The zero-order valence-corrected chi connectivity index (χ0v) is 6.36. The molecule has 0 radical (unpaired) electrons. The summed E-state index contributed by atoms with van der Waals surface area (Å²) in [7, 11) is 6.00. The van der Waals surface area contributed by atoms with E-state index in [2.05, 4.69) is 0 Å². The minimum Gasteiger partial charge on any atom is -1.00 e. The van der Waals surface area contributed by atoms with Gasteiger partial charge in [0, 0.05) is 1.43 Å². The molecule has 0 saturated carbocycles. The Bertz CT molecular complexity index is 19.2. The third kappa shape index (κ3) is 36.4. The first-order chi connectivity index (χ1) is 1.73. The van der Waals surface area contributed by atoms with E-state index in [-0.39, 0.29) is 42.0 Å². The van der Waals surface area contributed by atoms with Gasteiger partial charge in [-0.1, -0.05) is 0 Å². The maximum atomic E-state index is 2.00. The smallest absolute Gasteiger partial charge is 1.00 e. The Kier molecular flexibility index (Phi) is 9.94. The van der Waals surface area contributed by atoms with E-state index in [9.17, 15) is 0 Å². The summed E-state index contributed by atoms with van der Waals surface area (Å²) < 4.78 is 0. The van der Waals surface area contributed by atoms with Gasteiger partial charge >= 0.3 is 37.7 Å². The van der Waals surface area contributed by atoms with Gasteiger partial charge in [0.1, 0.15) is 0 Å². The van der Waals surface area contributed by atoms with Crippen LogP contribution in [0, 0.1) is 0 Å². The summed E-state index contributed by atoms with van der Waals surface area (Å²) in [5.74, 6) is 0. The van der Waals surface area contributed by atoms with Gasteiger partial charge in [0.05, 0.1) is 0 Å². The van der Waals surface area contributed by atoms with Gasteiger partial charge in [-0.15, -0.1) is 0 Å². The van der Waals surface area contributed by atoms with Gasteiger partial charge in [-0.3, -0.25) is 0 Å². The molecule has 0 atom stereocenters. The van der Waals surface area contributed by atoms with Gasteiger partial charge in [-0.25, -0.2) is 0 Å². The molecule has 0 N–H and O–H groups in total. The molecule has 0 aromatic heterocycles. The second kappa shape index (κ2) is 5.22. The predicted molar refractivity (Wildman–Crippen MR) is 29.7 cm³/mol. The molecule has 0 aromatic carbocycles. The molecular formula is C3H13CaN. The first-order valence-corrected chi connectivity index (χ1v) is 1.34. The Hall–Kier alpha value is 1.22. The fraction of sp³-hybridized carbons (Fsp3) is 1.00. The minimum atomic E-state index is 0. The van der Waals surface area contributed by atoms with Gasteiger partial charge in [-0.05, 0) is 21.1 Å². The molecule has 0 aliphatic rings. The molecule has 0 aromatic rings. The molecule has 0 unspecified atom stereocenters. The normalized spacial score (nSPS) is 7.20. The molecule has 0 amide bonds. The quantitative estimate of drug-likeness (QED) is 0.398. The molecule has 5 heavy (non-hydrogen) atoms. The zero-order chi connectivity index (χ0) is 3.58. The average molecular weight is 103 g/mol. The summed E-state index contributed by atoms with van der Waals surface area (Å²) in [6, 6.07) is 0. The zero-order valence-electron chi connectivity index (χ0n) is 6.15. The largest absolute Gasteiger partial charge is 2.00 e. The summed E-state index contributed by atoms with van der Waals surface area (Å²) in [5.41, 5.74) is 0. The Morgan fingerprint density at radius 1 is 1.40 bits per heavy atom. The summed E-state index contributed by atoms with van der Waals surface area (Å²) >= 11 is 0. The molecule has 0 aliphatic heterocycles. The maximum Gasteiger partial charge on any atom is 2.00 e. The monoisotopic (exact) mass is 103 g/mol. The number of hydrogen-bond acceptors (Lipinski definition) is 1. The average Bonchev–Trinajstić information content (AvgIpc) is 0.811. The molecule has 0 rings (SSSR count). The number of rotatable bonds is 0. The van der Waals surface area contributed by atoms with Crippen molar-refractivity contribution in [2.45, 2.75) is 0 Å². The molecule has 1 nitrogen and oxygen atoms in total. The van der Waals surface area contributed by atoms with Crippen LogP contribution >= 0.6 is 0 Å². The van der Waals surface area contributed by atoms with Crippen molar-refractivity contribution in [3.05, 3.63) is 0 Å². The Morgan fingerprint density at radius 2 is 1.40 bits per heavy atom. The maximum absolute atomic E-state index is 2.00. The van der Waals surface area contributed by atoms with Crippen molar-refractivity contribution in [2.24, 2.45) is 0 Å². The van der Waals surface area contributed by atoms with E-state index in [1.54, 1.807) is 0 Å². The van der Waals surface area contributed by atoms with E-state index in [4.69, 9.17) is 0 Å². The van der Waals surface area contributed by atoms with Crippen LogP contribution in [0.15, 0.2) is 0 Å². The van der Waals surface area contributed by atoms with Crippen LogP contribution in [0.4, 0.5) is 0 Å². The Balaban J connectivity index is -0.00000000750. The number of hydrogen-bond donors (Lipinski definition) is 0. The van der Waals surface area contributed by atoms with E-state index < -0.39 is 0 Å². The fourth-order valence-corrected chi connectivity index (χ4v) is 0. The first kappa shape index (κ1) is 9.52. The van der Waals surface area contributed by atoms with Crippen LogP contribution in [0.5, 0.6) is 0 Å². The van der Waals surface area contributed by atoms with Crippen molar-refractivity contribution in [2.75, 3.05) is 21.1 Å². The van der Waals surface area contributed by atoms with Crippen molar-refractivity contribution in [3.63, 3.8) is 0 Å². The van der Waals surface area contributed by atoms with Gasteiger partial charge in [-0.2, -0.15) is 0 Å². The SMILES string of the molecule is CN(C)C.[Ca+2].[H-].[H-].[HH]. The van der Waals surface area contributed by atoms with Gasteiger partial charge < -0.3 is 7.75 Å². The second-order valence-corrected chi connectivity index (χ2v) is 1.34. The third-order valence-corrected chi connectivity index (χ3v) is 0. The summed E-state index contributed by atoms with van der Waals surface area (Å²) in [5, 5.41) is 0. The second-order valence-electron chi connectivity index (χ2n) is 1.34. The molecule has 0 saturated heterocycles. The van der Waals surface area contributed by atoms with Crippen LogP contribution in [0.3, 0.4) is 0 Å². The van der Waals surface area contributed by atoms with E-state index in [1.807, 2.05) is 26.0 Å². The molecule has 0 fully saturated rings. The molecule has 0 bridgehead atoms. The molecular weight excluding hydrogens is 90.1 g/mol. The fourth-order valence-electron chi connectivity index (χ4n) is 0. The molecule has 0 aliphatic carbocycles. The van der Waals surface area contributed by atoms with Crippen molar-refractivity contribution < 1.29 is 4.28 Å². The van der Waals surface area contributed by atoms with Crippen LogP contribution in [0.25, 0.3) is 0 Å². The molecule has 32 valence electrons.